The number of fused-ring (bicyclic) bond motifs is 6. The zero-order valence-electron chi connectivity index (χ0n) is 19.2. The lowest BCUT2D eigenvalue weighted by molar-refractivity contribution is -0.176. The molecule has 5 unspecified atom stereocenters. The van der Waals surface area contributed by atoms with Gasteiger partial charge in [0.1, 0.15) is 11.7 Å². The van der Waals surface area contributed by atoms with Crippen molar-refractivity contribution >= 4 is 11.9 Å². The molecule has 0 radical (unpaired) electrons. The maximum absolute atomic E-state index is 12.1. The first-order valence-electron chi connectivity index (χ1n) is 12.3. The number of carbonyl (C=O) groups excluding carboxylic acids is 2. The Hall–Kier alpha value is -1.32. The van der Waals surface area contributed by atoms with Gasteiger partial charge in [-0.15, -0.1) is 0 Å². The fourth-order valence-corrected chi connectivity index (χ4v) is 8.65. The van der Waals surface area contributed by atoms with Gasteiger partial charge in [0.05, 0.1) is 0 Å². The smallest absolute Gasteiger partial charge is 0.306 e. The topological polar surface area (TPSA) is 52.6 Å². The molecule has 0 aromatic rings. The summed E-state index contributed by atoms with van der Waals surface area (Å²) in [6.45, 7) is 8.72. The average molecular weight is 415 g/mol. The SMILES string of the molecule is CC[C@H]1CCC2(C)C(=C[C@H](OC(C)=O)C3C2CC[C@@]2(C)C3CCC23CCC(=O)O3)C1. The molecule has 4 fully saturated rings. The fourth-order valence-electron chi connectivity index (χ4n) is 8.65. The Morgan fingerprint density at radius 2 is 1.90 bits per heavy atom. The molecule has 0 N–H and O–H groups in total. The monoisotopic (exact) mass is 414 g/mol. The Balaban J connectivity index is 1.55. The minimum absolute atomic E-state index is 0.00104. The van der Waals surface area contributed by atoms with E-state index in [-0.39, 0.29) is 34.5 Å². The molecule has 1 heterocycles. The van der Waals surface area contributed by atoms with Crippen LogP contribution in [0.1, 0.15) is 91.9 Å². The molecule has 3 saturated carbocycles. The molecule has 1 spiro atoms. The maximum atomic E-state index is 12.1. The van der Waals surface area contributed by atoms with Crippen LogP contribution in [0.3, 0.4) is 0 Å². The van der Waals surface area contributed by atoms with Crippen molar-refractivity contribution in [3.63, 3.8) is 0 Å². The summed E-state index contributed by atoms with van der Waals surface area (Å²) in [6, 6.07) is 0. The summed E-state index contributed by atoms with van der Waals surface area (Å²) >= 11 is 0. The van der Waals surface area contributed by atoms with Gasteiger partial charge in [-0.25, -0.2) is 0 Å². The third-order valence-electron chi connectivity index (χ3n) is 10.4. The Bertz CT molecular complexity index is 786. The number of hydrogen-bond acceptors (Lipinski definition) is 4. The van der Waals surface area contributed by atoms with Gasteiger partial charge in [-0.1, -0.05) is 32.8 Å². The van der Waals surface area contributed by atoms with Crippen LogP contribution in [0.15, 0.2) is 11.6 Å². The van der Waals surface area contributed by atoms with Crippen LogP contribution in [0.25, 0.3) is 0 Å². The molecule has 0 amide bonds. The van der Waals surface area contributed by atoms with Gasteiger partial charge < -0.3 is 9.47 Å². The van der Waals surface area contributed by atoms with E-state index in [1.165, 1.54) is 19.3 Å². The standard InChI is InChI=1S/C26H38O4/c1-5-17-6-10-24(3)18(14-17)15-21(29-16(2)27)23-19(24)7-11-25(4)20(23)8-12-26(25)13-9-22(28)30-26/h15,17,19-21,23H,5-14H2,1-4H3/t17-,19?,20?,21-,23?,24?,25-,26?/m0/s1. The molecule has 5 rings (SSSR count). The highest BCUT2D eigenvalue weighted by atomic mass is 16.6. The molecule has 30 heavy (non-hydrogen) atoms. The highest BCUT2D eigenvalue weighted by Gasteiger charge is 2.68. The van der Waals surface area contributed by atoms with E-state index >= 15 is 0 Å². The van der Waals surface area contributed by atoms with Crippen molar-refractivity contribution in [3.05, 3.63) is 11.6 Å². The number of rotatable bonds is 2. The summed E-state index contributed by atoms with van der Waals surface area (Å²) in [5.74, 6) is 1.93. The summed E-state index contributed by atoms with van der Waals surface area (Å²) in [5.41, 5.74) is 1.50. The molecule has 4 nitrogen and oxygen atoms in total. The number of carbonyl (C=O) groups is 2. The van der Waals surface area contributed by atoms with Gasteiger partial charge in [0.15, 0.2) is 0 Å². The summed E-state index contributed by atoms with van der Waals surface area (Å²) in [4.78, 5) is 24.2. The van der Waals surface area contributed by atoms with Crippen molar-refractivity contribution in [1.29, 1.82) is 0 Å². The van der Waals surface area contributed by atoms with Gasteiger partial charge in [-0.3, -0.25) is 9.59 Å². The number of ether oxygens (including phenoxy) is 2. The Labute approximate surface area is 181 Å². The molecule has 0 aromatic heterocycles. The van der Waals surface area contributed by atoms with Crippen LogP contribution in [0.4, 0.5) is 0 Å². The Kier molecular flexibility index (Phi) is 4.69. The van der Waals surface area contributed by atoms with E-state index in [9.17, 15) is 9.59 Å². The van der Waals surface area contributed by atoms with Gasteiger partial charge >= 0.3 is 11.9 Å². The summed E-state index contributed by atoms with van der Waals surface area (Å²) in [6.07, 6.45) is 13.0. The number of allylic oxidation sites excluding steroid dienone is 1. The fraction of sp³-hybridized carbons (Fsp3) is 0.846. The largest absolute Gasteiger partial charge is 0.458 e. The van der Waals surface area contributed by atoms with Crippen LogP contribution in [-0.2, 0) is 19.1 Å². The third-order valence-corrected chi connectivity index (χ3v) is 10.4. The minimum atomic E-state index is -0.286. The molecular weight excluding hydrogens is 376 g/mol. The lowest BCUT2D eigenvalue weighted by atomic mass is 9.46. The summed E-state index contributed by atoms with van der Waals surface area (Å²) in [5, 5.41) is 0. The molecule has 1 aliphatic heterocycles. The molecule has 8 atom stereocenters. The van der Waals surface area contributed by atoms with Crippen LogP contribution in [0, 0.1) is 34.5 Å². The zero-order chi connectivity index (χ0) is 21.3. The minimum Gasteiger partial charge on any atom is -0.458 e. The van der Waals surface area contributed by atoms with Crippen LogP contribution < -0.4 is 0 Å². The molecule has 166 valence electrons. The summed E-state index contributed by atoms with van der Waals surface area (Å²) in [7, 11) is 0. The van der Waals surface area contributed by atoms with Crippen molar-refractivity contribution in [3.8, 4) is 0 Å². The van der Waals surface area contributed by atoms with Crippen LogP contribution >= 0.6 is 0 Å². The molecule has 1 saturated heterocycles. The Morgan fingerprint density at radius 1 is 1.13 bits per heavy atom. The van der Waals surface area contributed by atoms with Crippen LogP contribution in [0.5, 0.6) is 0 Å². The predicted octanol–water partition coefficient (Wildman–Crippen LogP) is 5.59. The highest BCUT2D eigenvalue weighted by molar-refractivity contribution is 5.72. The van der Waals surface area contributed by atoms with E-state index in [1.807, 2.05) is 0 Å². The van der Waals surface area contributed by atoms with Crippen LogP contribution in [0.2, 0.25) is 0 Å². The second-order valence-electron chi connectivity index (χ2n) is 11.5. The van der Waals surface area contributed by atoms with E-state index in [2.05, 4.69) is 26.8 Å². The third kappa shape index (κ3) is 2.70. The van der Waals surface area contributed by atoms with E-state index < -0.39 is 0 Å². The van der Waals surface area contributed by atoms with Crippen molar-refractivity contribution < 1.29 is 19.1 Å². The van der Waals surface area contributed by atoms with Crippen molar-refractivity contribution in [2.75, 3.05) is 0 Å². The lowest BCUT2D eigenvalue weighted by Crippen LogP contribution is -2.58. The maximum Gasteiger partial charge on any atom is 0.306 e. The second kappa shape index (κ2) is 6.84. The predicted molar refractivity (Wildman–Crippen MR) is 114 cm³/mol. The van der Waals surface area contributed by atoms with Gasteiger partial charge in [0.2, 0.25) is 0 Å². The van der Waals surface area contributed by atoms with Gasteiger partial charge in [0.25, 0.3) is 0 Å². The number of hydrogen-bond donors (Lipinski definition) is 0. The first-order chi connectivity index (χ1) is 14.2. The normalized spacial score (nSPS) is 49.7. The van der Waals surface area contributed by atoms with E-state index in [0.29, 0.717) is 24.2 Å². The first kappa shape index (κ1) is 20.6. The molecule has 0 aromatic carbocycles. The van der Waals surface area contributed by atoms with Crippen molar-refractivity contribution in [2.24, 2.45) is 34.5 Å². The van der Waals surface area contributed by atoms with Crippen molar-refractivity contribution in [1.82, 2.24) is 0 Å². The van der Waals surface area contributed by atoms with Crippen LogP contribution in [-0.4, -0.2) is 23.6 Å². The molecular formula is C26H38O4. The molecule has 5 aliphatic rings. The highest BCUT2D eigenvalue weighted by Crippen LogP contribution is 2.69. The number of esters is 2. The zero-order valence-corrected chi connectivity index (χ0v) is 19.2. The van der Waals surface area contributed by atoms with E-state index in [0.717, 1.165) is 44.4 Å². The average Bonchev–Trinajstić information content (AvgIpc) is 3.22. The summed E-state index contributed by atoms with van der Waals surface area (Å²) < 4.78 is 12.1. The quantitative estimate of drug-likeness (QED) is 0.436. The molecule has 0 bridgehead atoms. The van der Waals surface area contributed by atoms with Gasteiger partial charge in [0, 0.05) is 24.7 Å². The lowest BCUT2D eigenvalue weighted by Gasteiger charge is -2.60. The Morgan fingerprint density at radius 3 is 2.57 bits per heavy atom. The van der Waals surface area contributed by atoms with E-state index in [1.54, 1.807) is 12.5 Å². The molecule has 4 heteroatoms. The van der Waals surface area contributed by atoms with Gasteiger partial charge in [-0.2, -0.15) is 0 Å². The second-order valence-corrected chi connectivity index (χ2v) is 11.5. The first-order valence-corrected chi connectivity index (χ1v) is 12.3. The van der Waals surface area contributed by atoms with Gasteiger partial charge in [-0.05, 0) is 80.6 Å². The molecule has 4 aliphatic carbocycles. The van der Waals surface area contributed by atoms with Crippen molar-refractivity contribution in [2.45, 2.75) is 104 Å². The van der Waals surface area contributed by atoms with E-state index in [4.69, 9.17) is 9.47 Å².